The zero-order valence-electron chi connectivity index (χ0n) is 8.85. The molecule has 0 amide bonds. The molecule has 0 unspecified atom stereocenters. The van der Waals surface area contributed by atoms with Crippen molar-refractivity contribution in [2.24, 2.45) is 0 Å². The second kappa shape index (κ2) is 4.52. The van der Waals surface area contributed by atoms with Gasteiger partial charge in [-0.25, -0.2) is 4.98 Å². The third kappa shape index (κ3) is 2.34. The molecule has 0 N–H and O–H groups in total. The molecule has 0 aliphatic rings. The van der Waals surface area contributed by atoms with E-state index in [1.165, 1.54) is 12.4 Å². The van der Waals surface area contributed by atoms with Crippen LogP contribution in [0.1, 0.15) is 21.6 Å². The standard InChI is InChI=1S/C11H6F3N3O/c12-11(13,14)8-1-2-15-5-7(8)10(18)9-6-16-3-4-17-9/h1-6H. The van der Waals surface area contributed by atoms with E-state index in [0.29, 0.717) is 0 Å². The maximum Gasteiger partial charge on any atom is 0.417 e. The molecule has 0 saturated heterocycles. The third-order valence-electron chi connectivity index (χ3n) is 2.17. The molecule has 0 aliphatic carbocycles. The van der Waals surface area contributed by atoms with Crippen LogP contribution in [0.3, 0.4) is 0 Å². The lowest BCUT2D eigenvalue weighted by atomic mass is 10.0. The lowest BCUT2D eigenvalue weighted by Gasteiger charge is -2.10. The molecular weight excluding hydrogens is 247 g/mol. The number of hydrogen-bond acceptors (Lipinski definition) is 4. The van der Waals surface area contributed by atoms with E-state index in [9.17, 15) is 18.0 Å². The van der Waals surface area contributed by atoms with Crippen molar-refractivity contribution < 1.29 is 18.0 Å². The highest BCUT2D eigenvalue weighted by Crippen LogP contribution is 2.32. The number of aromatic nitrogens is 3. The highest BCUT2D eigenvalue weighted by molar-refractivity contribution is 6.08. The van der Waals surface area contributed by atoms with Gasteiger partial charge < -0.3 is 0 Å². The van der Waals surface area contributed by atoms with E-state index in [-0.39, 0.29) is 5.69 Å². The number of alkyl halides is 3. The van der Waals surface area contributed by atoms with E-state index < -0.39 is 23.1 Å². The Morgan fingerprint density at radius 1 is 1.06 bits per heavy atom. The van der Waals surface area contributed by atoms with E-state index in [2.05, 4.69) is 15.0 Å². The van der Waals surface area contributed by atoms with E-state index in [1.807, 2.05) is 0 Å². The maximum atomic E-state index is 12.7. The minimum absolute atomic E-state index is 0.156. The summed E-state index contributed by atoms with van der Waals surface area (Å²) in [5.41, 5.74) is -1.73. The molecule has 7 heteroatoms. The Morgan fingerprint density at radius 3 is 2.39 bits per heavy atom. The van der Waals surface area contributed by atoms with Gasteiger partial charge in [0.1, 0.15) is 5.69 Å². The molecule has 2 aromatic heterocycles. The Bertz CT molecular complexity index is 569. The average Bonchev–Trinajstić information content (AvgIpc) is 2.38. The molecule has 92 valence electrons. The van der Waals surface area contributed by atoms with Crippen molar-refractivity contribution in [2.75, 3.05) is 0 Å². The number of ketones is 1. The minimum atomic E-state index is -4.61. The van der Waals surface area contributed by atoms with Gasteiger partial charge in [0, 0.05) is 24.8 Å². The topological polar surface area (TPSA) is 55.7 Å². The van der Waals surface area contributed by atoms with Crippen molar-refractivity contribution in [3.63, 3.8) is 0 Å². The Morgan fingerprint density at radius 2 is 1.78 bits per heavy atom. The van der Waals surface area contributed by atoms with Gasteiger partial charge in [0.15, 0.2) is 0 Å². The molecule has 2 aromatic rings. The minimum Gasteiger partial charge on any atom is -0.287 e. The van der Waals surface area contributed by atoms with Crippen LogP contribution in [0.5, 0.6) is 0 Å². The summed E-state index contributed by atoms with van der Waals surface area (Å²) in [6.45, 7) is 0. The SMILES string of the molecule is O=C(c1cnccn1)c1cnccc1C(F)(F)F. The fourth-order valence-electron chi connectivity index (χ4n) is 1.38. The summed E-state index contributed by atoms with van der Waals surface area (Å²) in [7, 11) is 0. The van der Waals surface area contributed by atoms with Gasteiger partial charge in [0.2, 0.25) is 5.78 Å². The lowest BCUT2D eigenvalue weighted by molar-refractivity contribution is -0.137. The molecule has 2 heterocycles. The molecule has 0 aromatic carbocycles. The highest BCUT2D eigenvalue weighted by atomic mass is 19.4. The summed E-state index contributed by atoms with van der Waals surface area (Å²) < 4.78 is 38.1. The summed E-state index contributed by atoms with van der Waals surface area (Å²) >= 11 is 0. The van der Waals surface area contributed by atoms with Gasteiger partial charge in [-0.15, -0.1) is 0 Å². The largest absolute Gasteiger partial charge is 0.417 e. The summed E-state index contributed by atoms with van der Waals surface area (Å²) in [6.07, 6.45) is 0.906. The number of halogens is 3. The number of hydrogen-bond donors (Lipinski definition) is 0. The summed E-state index contributed by atoms with van der Waals surface area (Å²) in [5.74, 6) is -0.858. The molecule has 0 aliphatic heterocycles. The first-order chi connectivity index (χ1) is 8.50. The third-order valence-corrected chi connectivity index (χ3v) is 2.17. The summed E-state index contributed by atoms with van der Waals surface area (Å²) in [4.78, 5) is 22.7. The fraction of sp³-hybridized carbons (Fsp3) is 0.0909. The Kier molecular flexibility index (Phi) is 3.05. The van der Waals surface area contributed by atoms with Crippen molar-refractivity contribution >= 4 is 5.78 Å². The van der Waals surface area contributed by atoms with Gasteiger partial charge in [-0.2, -0.15) is 13.2 Å². The zero-order valence-corrected chi connectivity index (χ0v) is 8.85. The molecule has 18 heavy (non-hydrogen) atoms. The van der Waals surface area contributed by atoms with Crippen LogP contribution in [0.25, 0.3) is 0 Å². The van der Waals surface area contributed by atoms with Crippen LogP contribution in [-0.4, -0.2) is 20.7 Å². The summed E-state index contributed by atoms with van der Waals surface area (Å²) in [6, 6.07) is 0.754. The van der Waals surface area contributed by atoms with E-state index in [4.69, 9.17) is 0 Å². The van der Waals surface area contributed by atoms with Crippen molar-refractivity contribution in [3.05, 3.63) is 53.9 Å². The van der Waals surface area contributed by atoms with Gasteiger partial charge >= 0.3 is 6.18 Å². The maximum absolute atomic E-state index is 12.7. The predicted octanol–water partition coefficient (Wildman–Crippen LogP) is 2.12. The van der Waals surface area contributed by atoms with E-state index >= 15 is 0 Å². The Hall–Kier alpha value is -2.31. The smallest absolute Gasteiger partial charge is 0.287 e. The van der Waals surface area contributed by atoms with Gasteiger partial charge in [-0.05, 0) is 6.07 Å². The Labute approximate surface area is 99.5 Å². The van der Waals surface area contributed by atoms with Crippen LogP contribution < -0.4 is 0 Å². The number of carbonyl (C=O) groups excluding carboxylic acids is 1. The highest BCUT2D eigenvalue weighted by Gasteiger charge is 2.35. The van der Waals surface area contributed by atoms with Crippen LogP contribution in [-0.2, 0) is 6.18 Å². The van der Waals surface area contributed by atoms with Crippen LogP contribution in [0.15, 0.2) is 37.1 Å². The van der Waals surface area contributed by atoms with Crippen LogP contribution in [0.2, 0.25) is 0 Å². The number of carbonyl (C=O) groups is 1. The summed E-state index contributed by atoms with van der Waals surface area (Å²) in [5, 5.41) is 0. The molecule has 0 bridgehead atoms. The predicted molar refractivity (Wildman–Crippen MR) is 54.7 cm³/mol. The fourth-order valence-corrected chi connectivity index (χ4v) is 1.38. The van der Waals surface area contributed by atoms with Gasteiger partial charge in [-0.3, -0.25) is 14.8 Å². The van der Waals surface area contributed by atoms with Crippen LogP contribution >= 0.6 is 0 Å². The van der Waals surface area contributed by atoms with Crippen molar-refractivity contribution in [1.82, 2.24) is 15.0 Å². The zero-order chi connectivity index (χ0) is 13.2. The monoisotopic (exact) mass is 253 g/mol. The molecule has 0 fully saturated rings. The van der Waals surface area contributed by atoms with Gasteiger partial charge in [0.05, 0.1) is 17.3 Å². The molecule has 0 radical (unpaired) electrons. The molecule has 4 nitrogen and oxygen atoms in total. The van der Waals surface area contributed by atoms with Gasteiger partial charge in [0.25, 0.3) is 0 Å². The number of nitrogens with zero attached hydrogens (tertiary/aromatic N) is 3. The quantitative estimate of drug-likeness (QED) is 0.769. The second-order valence-electron chi connectivity index (χ2n) is 3.34. The van der Waals surface area contributed by atoms with Crippen molar-refractivity contribution in [2.45, 2.75) is 6.18 Å². The molecule has 0 spiro atoms. The van der Waals surface area contributed by atoms with Gasteiger partial charge in [-0.1, -0.05) is 0 Å². The normalized spacial score (nSPS) is 11.3. The molecule has 0 atom stereocenters. The number of pyridine rings is 1. The van der Waals surface area contributed by atoms with Crippen molar-refractivity contribution in [1.29, 1.82) is 0 Å². The first-order valence-electron chi connectivity index (χ1n) is 4.82. The number of rotatable bonds is 2. The first-order valence-corrected chi connectivity index (χ1v) is 4.82. The Balaban J connectivity index is 2.50. The van der Waals surface area contributed by atoms with Crippen LogP contribution in [0, 0.1) is 0 Å². The van der Waals surface area contributed by atoms with E-state index in [0.717, 1.165) is 24.7 Å². The van der Waals surface area contributed by atoms with E-state index in [1.54, 1.807) is 0 Å². The molecular formula is C11H6F3N3O. The first kappa shape index (κ1) is 12.2. The van der Waals surface area contributed by atoms with Crippen LogP contribution in [0.4, 0.5) is 13.2 Å². The lowest BCUT2D eigenvalue weighted by Crippen LogP contribution is -2.15. The second-order valence-corrected chi connectivity index (χ2v) is 3.34. The average molecular weight is 253 g/mol. The van der Waals surface area contributed by atoms with Crippen molar-refractivity contribution in [3.8, 4) is 0 Å². The molecule has 0 saturated carbocycles. The molecule has 2 rings (SSSR count).